The minimum Gasteiger partial charge on any atom is -0.455 e. The molecule has 0 aliphatic heterocycles. The van der Waals surface area contributed by atoms with Crippen LogP contribution in [0.25, 0.3) is 0 Å². The molecule has 0 saturated carbocycles. The fourth-order valence-electron chi connectivity index (χ4n) is 2.17. The van der Waals surface area contributed by atoms with E-state index in [2.05, 4.69) is 10.0 Å². The number of hydrogen-bond acceptors (Lipinski definition) is 5. The van der Waals surface area contributed by atoms with Crippen molar-refractivity contribution in [3.8, 4) is 0 Å². The molecule has 0 radical (unpaired) electrons. The van der Waals surface area contributed by atoms with E-state index in [0.29, 0.717) is 5.69 Å². The number of carbonyl (C=O) groups is 2. The van der Waals surface area contributed by atoms with Crippen molar-refractivity contribution in [3.63, 3.8) is 0 Å². The molecule has 0 saturated heterocycles. The molecule has 2 rings (SSSR count). The molecule has 0 aromatic heterocycles. The van der Waals surface area contributed by atoms with E-state index < -0.39 is 35.1 Å². The van der Waals surface area contributed by atoms with Crippen molar-refractivity contribution in [1.82, 2.24) is 4.72 Å². The quantitative estimate of drug-likeness (QED) is 0.705. The number of anilines is 1. The summed E-state index contributed by atoms with van der Waals surface area (Å²) < 4.78 is 31.1. The molecule has 2 N–H and O–H groups in total. The van der Waals surface area contributed by atoms with Crippen molar-refractivity contribution in [2.45, 2.75) is 25.7 Å². The lowest BCUT2D eigenvalue weighted by Crippen LogP contribution is -2.32. The number of aryl methyl sites for hydroxylation is 3. The fraction of sp³-hybridized carbons (Fsp3) is 0.263. The Hall–Kier alpha value is -2.71. The van der Waals surface area contributed by atoms with Gasteiger partial charge >= 0.3 is 5.97 Å². The number of sulfonamides is 1. The second-order valence-electron chi connectivity index (χ2n) is 6.15. The maximum atomic E-state index is 12.1. The third-order valence-electron chi connectivity index (χ3n) is 3.89. The van der Waals surface area contributed by atoms with E-state index in [1.807, 2.05) is 32.9 Å². The lowest BCUT2D eigenvalue weighted by atomic mass is 10.1. The lowest BCUT2D eigenvalue weighted by Gasteiger charge is -2.09. The molecule has 0 fully saturated rings. The average molecular weight is 390 g/mol. The monoisotopic (exact) mass is 390 g/mol. The molecular weight excluding hydrogens is 368 g/mol. The van der Waals surface area contributed by atoms with Crippen LogP contribution in [0.2, 0.25) is 0 Å². The van der Waals surface area contributed by atoms with Gasteiger partial charge in [-0.05, 0) is 56.2 Å². The van der Waals surface area contributed by atoms with Crippen molar-refractivity contribution in [3.05, 3.63) is 59.2 Å². The zero-order valence-electron chi connectivity index (χ0n) is 15.4. The van der Waals surface area contributed by atoms with Crippen molar-refractivity contribution < 1.29 is 22.7 Å². The van der Waals surface area contributed by atoms with E-state index in [9.17, 15) is 18.0 Å². The predicted octanol–water partition coefficient (Wildman–Crippen LogP) is 2.07. The minimum atomic E-state index is -3.82. The first-order chi connectivity index (χ1) is 12.7. The summed E-state index contributed by atoms with van der Waals surface area (Å²) in [6.45, 7) is 4.65. The van der Waals surface area contributed by atoms with Gasteiger partial charge in [0.15, 0.2) is 6.61 Å². The van der Waals surface area contributed by atoms with E-state index in [1.54, 1.807) is 18.2 Å². The Balaban J connectivity index is 1.80. The standard InChI is InChI=1S/C19H22N2O5S/c1-13-4-8-17(9-5-13)27(24,25)20-11-19(23)26-12-18(22)21-16-7-6-14(2)15(3)10-16/h4-10,20H,11-12H2,1-3H3,(H,21,22). The summed E-state index contributed by atoms with van der Waals surface area (Å²) in [6, 6.07) is 11.6. The SMILES string of the molecule is Cc1ccc(S(=O)(=O)NCC(=O)OCC(=O)Nc2ccc(C)c(C)c2)cc1. The maximum Gasteiger partial charge on any atom is 0.321 e. The summed E-state index contributed by atoms with van der Waals surface area (Å²) in [5.41, 5.74) is 3.64. The molecule has 27 heavy (non-hydrogen) atoms. The van der Waals surface area contributed by atoms with Crippen molar-refractivity contribution in [2.75, 3.05) is 18.5 Å². The van der Waals surface area contributed by atoms with Gasteiger partial charge in [-0.15, -0.1) is 0 Å². The molecule has 2 aromatic rings. The molecule has 0 heterocycles. The summed E-state index contributed by atoms with van der Waals surface area (Å²) in [6.07, 6.45) is 0. The number of benzene rings is 2. The summed E-state index contributed by atoms with van der Waals surface area (Å²) in [4.78, 5) is 23.6. The van der Waals surface area contributed by atoms with E-state index in [4.69, 9.17) is 4.74 Å². The van der Waals surface area contributed by atoms with Crippen molar-refractivity contribution in [2.24, 2.45) is 0 Å². The van der Waals surface area contributed by atoms with E-state index in [1.165, 1.54) is 12.1 Å². The maximum absolute atomic E-state index is 12.1. The first-order valence-corrected chi connectivity index (χ1v) is 9.75. The van der Waals surface area contributed by atoms with Gasteiger partial charge in [0.2, 0.25) is 10.0 Å². The summed E-state index contributed by atoms with van der Waals surface area (Å²) in [7, 11) is -3.82. The van der Waals surface area contributed by atoms with Gasteiger partial charge in [0.25, 0.3) is 5.91 Å². The van der Waals surface area contributed by atoms with E-state index >= 15 is 0 Å². The van der Waals surface area contributed by atoms with Crippen LogP contribution in [0.1, 0.15) is 16.7 Å². The molecule has 0 aliphatic rings. The van der Waals surface area contributed by atoms with Crippen LogP contribution in [-0.4, -0.2) is 33.4 Å². The van der Waals surface area contributed by atoms with Gasteiger partial charge in [-0.25, -0.2) is 8.42 Å². The zero-order valence-corrected chi connectivity index (χ0v) is 16.2. The number of esters is 1. The normalized spacial score (nSPS) is 11.1. The lowest BCUT2D eigenvalue weighted by molar-refractivity contribution is -0.146. The summed E-state index contributed by atoms with van der Waals surface area (Å²) in [5.74, 6) is -1.35. The molecule has 144 valence electrons. The van der Waals surface area contributed by atoms with Gasteiger partial charge in [0.1, 0.15) is 6.54 Å². The molecule has 7 nitrogen and oxygen atoms in total. The second kappa shape index (κ2) is 8.79. The molecule has 1 amide bonds. The molecule has 0 spiro atoms. The fourth-order valence-corrected chi connectivity index (χ4v) is 3.14. The minimum absolute atomic E-state index is 0.0494. The summed E-state index contributed by atoms with van der Waals surface area (Å²) >= 11 is 0. The number of hydrogen-bond donors (Lipinski definition) is 2. The Bertz CT molecular complexity index is 937. The molecule has 2 aromatic carbocycles. The third kappa shape index (κ3) is 6.19. The van der Waals surface area contributed by atoms with Crippen LogP contribution in [-0.2, 0) is 24.3 Å². The Morgan fingerprint density at radius 3 is 2.26 bits per heavy atom. The highest BCUT2D eigenvalue weighted by molar-refractivity contribution is 7.89. The largest absolute Gasteiger partial charge is 0.455 e. The smallest absolute Gasteiger partial charge is 0.321 e. The molecule has 8 heteroatoms. The molecular formula is C19H22N2O5S. The van der Waals surface area contributed by atoms with Gasteiger partial charge in [-0.1, -0.05) is 23.8 Å². The first kappa shape index (κ1) is 20.6. The molecule has 0 atom stereocenters. The summed E-state index contributed by atoms with van der Waals surface area (Å²) in [5, 5.41) is 2.61. The van der Waals surface area contributed by atoms with Crippen molar-refractivity contribution >= 4 is 27.6 Å². The van der Waals surface area contributed by atoms with E-state index in [-0.39, 0.29) is 4.90 Å². The Kier molecular flexibility index (Phi) is 6.70. The Labute approximate surface area is 158 Å². The van der Waals surface area contributed by atoms with Crippen LogP contribution in [0.4, 0.5) is 5.69 Å². The van der Waals surface area contributed by atoms with Gasteiger partial charge in [-0.3, -0.25) is 9.59 Å². The number of nitrogens with one attached hydrogen (secondary N) is 2. The molecule has 0 aliphatic carbocycles. The third-order valence-corrected chi connectivity index (χ3v) is 5.31. The first-order valence-electron chi connectivity index (χ1n) is 8.26. The number of amides is 1. The number of rotatable bonds is 7. The van der Waals surface area contributed by atoms with Gasteiger partial charge in [0, 0.05) is 5.69 Å². The molecule has 0 bridgehead atoms. The van der Waals surface area contributed by atoms with Crippen LogP contribution < -0.4 is 10.0 Å². The zero-order chi connectivity index (χ0) is 20.0. The topological polar surface area (TPSA) is 102 Å². The van der Waals surface area contributed by atoms with Crippen molar-refractivity contribution in [1.29, 1.82) is 0 Å². The molecule has 0 unspecified atom stereocenters. The van der Waals surface area contributed by atoms with Crippen LogP contribution >= 0.6 is 0 Å². The van der Waals surface area contributed by atoms with Crippen LogP contribution in [0.15, 0.2) is 47.4 Å². The van der Waals surface area contributed by atoms with E-state index in [0.717, 1.165) is 16.7 Å². The average Bonchev–Trinajstić information content (AvgIpc) is 2.62. The highest BCUT2D eigenvalue weighted by Crippen LogP contribution is 2.14. The van der Waals surface area contributed by atoms with Crippen LogP contribution in [0.5, 0.6) is 0 Å². The predicted molar refractivity (Wildman–Crippen MR) is 102 cm³/mol. The highest BCUT2D eigenvalue weighted by atomic mass is 32.2. The van der Waals surface area contributed by atoms with Gasteiger partial charge in [-0.2, -0.15) is 4.72 Å². The van der Waals surface area contributed by atoms with Crippen LogP contribution in [0, 0.1) is 20.8 Å². The second-order valence-corrected chi connectivity index (χ2v) is 7.91. The number of carbonyl (C=O) groups excluding carboxylic acids is 2. The van der Waals surface area contributed by atoms with Gasteiger partial charge < -0.3 is 10.1 Å². The van der Waals surface area contributed by atoms with Gasteiger partial charge in [0.05, 0.1) is 4.90 Å². The Morgan fingerprint density at radius 2 is 1.63 bits per heavy atom. The van der Waals surface area contributed by atoms with Crippen LogP contribution in [0.3, 0.4) is 0 Å². The Morgan fingerprint density at radius 1 is 0.963 bits per heavy atom. The highest BCUT2D eigenvalue weighted by Gasteiger charge is 2.16. The number of ether oxygens (including phenoxy) is 1.